The molecule has 0 atom stereocenters. The van der Waals surface area contributed by atoms with Crippen LogP contribution >= 0.6 is 11.3 Å². The molecule has 2 aromatic rings. The first kappa shape index (κ1) is 12.1. The molecule has 2 aromatic heterocycles. The lowest BCUT2D eigenvalue weighted by Crippen LogP contribution is -2.10. The average Bonchev–Trinajstić information content (AvgIpc) is 2.97. The second-order valence-electron chi connectivity index (χ2n) is 3.62. The molecule has 0 aliphatic carbocycles. The van der Waals surface area contributed by atoms with Crippen LogP contribution in [0.3, 0.4) is 0 Å². The van der Waals surface area contributed by atoms with Gasteiger partial charge in [-0.1, -0.05) is 0 Å². The Bertz CT molecular complexity index is 426. The normalized spacial score (nSPS) is 10.6. The zero-order valence-electron chi connectivity index (χ0n) is 9.80. The quantitative estimate of drug-likeness (QED) is 0.764. The van der Waals surface area contributed by atoms with Gasteiger partial charge in [0, 0.05) is 43.7 Å². The van der Waals surface area contributed by atoms with E-state index in [1.165, 1.54) is 4.88 Å². The molecule has 0 aromatic carbocycles. The van der Waals surface area contributed by atoms with Crippen molar-refractivity contribution in [1.29, 1.82) is 0 Å². The second kappa shape index (κ2) is 6.36. The van der Waals surface area contributed by atoms with Crippen LogP contribution in [-0.2, 0) is 11.3 Å². The number of aromatic nitrogens is 3. The van der Waals surface area contributed by atoms with Crippen molar-refractivity contribution in [2.45, 2.75) is 13.0 Å². The molecule has 0 saturated heterocycles. The van der Waals surface area contributed by atoms with Crippen LogP contribution in [0.5, 0.6) is 0 Å². The Morgan fingerprint density at radius 1 is 1.53 bits per heavy atom. The van der Waals surface area contributed by atoms with Crippen molar-refractivity contribution in [2.75, 3.05) is 25.6 Å². The van der Waals surface area contributed by atoms with E-state index < -0.39 is 0 Å². The van der Waals surface area contributed by atoms with E-state index >= 15 is 0 Å². The Labute approximate surface area is 104 Å². The van der Waals surface area contributed by atoms with Crippen LogP contribution in [0, 0.1) is 0 Å². The van der Waals surface area contributed by atoms with Gasteiger partial charge in [-0.2, -0.15) is 0 Å². The van der Waals surface area contributed by atoms with Gasteiger partial charge in [-0.05, 0) is 6.42 Å². The summed E-state index contributed by atoms with van der Waals surface area (Å²) >= 11 is 1.65. The van der Waals surface area contributed by atoms with E-state index in [4.69, 9.17) is 4.74 Å². The van der Waals surface area contributed by atoms with Crippen LogP contribution in [-0.4, -0.2) is 34.8 Å². The first-order chi connectivity index (χ1) is 8.40. The van der Waals surface area contributed by atoms with Crippen molar-refractivity contribution < 1.29 is 4.74 Å². The third-order valence-corrected chi connectivity index (χ3v) is 3.10. The maximum atomic E-state index is 5.00. The predicted molar refractivity (Wildman–Crippen MR) is 68.4 cm³/mol. The molecule has 0 fully saturated rings. The van der Waals surface area contributed by atoms with E-state index in [2.05, 4.69) is 19.9 Å². The number of hydrogen-bond acceptors (Lipinski definition) is 5. The first-order valence-corrected chi connectivity index (χ1v) is 6.39. The maximum Gasteiger partial charge on any atom is 0.203 e. The van der Waals surface area contributed by atoms with Gasteiger partial charge in [-0.25, -0.2) is 4.98 Å². The molecule has 92 valence electrons. The number of methoxy groups -OCH3 is 1. The fourth-order valence-corrected chi connectivity index (χ4v) is 2.10. The lowest BCUT2D eigenvalue weighted by atomic mass is 10.4. The van der Waals surface area contributed by atoms with Crippen LogP contribution in [0.2, 0.25) is 0 Å². The molecule has 1 N–H and O–H groups in total. The summed E-state index contributed by atoms with van der Waals surface area (Å²) in [7, 11) is 1.71. The largest absolute Gasteiger partial charge is 0.385 e. The van der Waals surface area contributed by atoms with E-state index in [-0.39, 0.29) is 0 Å². The highest BCUT2D eigenvalue weighted by molar-refractivity contribution is 7.09. The van der Waals surface area contributed by atoms with E-state index in [1.807, 2.05) is 17.9 Å². The number of ether oxygens (including phenoxy) is 1. The predicted octanol–water partition coefficient (Wildman–Crippen LogP) is 1.84. The number of anilines is 1. The zero-order valence-corrected chi connectivity index (χ0v) is 10.6. The summed E-state index contributed by atoms with van der Waals surface area (Å²) in [5, 5.41) is 3.30. The van der Waals surface area contributed by atoms with Crippen LogP contribution in [0.25, 0.3) is 0 Å². The number of hydrogen-bond donors (Lipinski definition) is 1. The molecular weight excluding hydrogens is 236 g/mol. The van der Waals surface area contributed by atoms with Gasteiger partial charge in [0.1, 0.15) is 0 Å². The minimum absolute atomic E-state index is 0.766. The lowest BCUT2D eigenvalue weighted by molar-refractivity contribution is 0.197. The molecule has 0 aliphatic rings. The second-order valence-corrected chi connectivity index (χ2v) is 4.59. The first-order valence-electron chi connectivity index (χ1n) is 5.51. The summed E-state index contributed by atoms with van der Waals surface area (Å²) < 4.78 is 7.09. The van der Waals surface area contributed by atoms with Crippen LogP contribution < -0.4 is 5.32 Å². The minimum atomic E-state index is 0.766. The molecule has 0 unspecified atom stereocenters. The summed E-state index contributed by atoms with van der Waals surface area (Å²) in [6.45, 7) is 2.45. The van der Waals surface area contributed by atoms with Crippen molar-refractivity contribution in [3.8, 4) is 0 Å². The SMILES string of the molecule is COCCCNc1nccn1Cc1cncs1. The van der Waals surface area contributed by atoms with Gasteiger partial charge in [0.15, 0.2) is 0 Å². The van der Waals surface area contributed by atoms with E-state index in [9.17, 15) is 0 Å². The highest BCUT2D eigenvalue weighted by atomic mass is 32.1. The fourth-order valence-electron chi connectivity index (χ4n) is 1.51. The maximum absolute atomic E-state index is 5.00. The number of nitrogens with zero attached hydrogens (tertiary/aromatic N) is 3. The van der Waals surface area contributed by atoms with Gasteiger partial charge in [-0.15, -0.1) is 11.3 Å². The number of nitrogens with one attached hydrogen (secondary N) is 1. The van der Waals surface area contributed by atoms with Gasteiger partial charge in [0.05, 0.1) is 12.1 Å². The molecule has 0 spiro atoms. The molecule has 0 bridgehead atoms. The van der Waals surface area contributed by atoms with Crippen molar-refractivity contribution in [1.82, 2.24) is 14.5 Å². The summed E-state index contributed by atoms with van der Waals surface area (Å²) in [6, 6.07) is 0. The molecule has 0 saturated carbocycles. The monoisotopic (exact) mass is 252 g/mol. The number of rotatable bonds is 7. The Hall–Kier alpha value is -1.40. The van der Waals surface area contributed by atoms with Crippen molar-refractivity contribution >= 4 is 17.3 Å². The van der Waals surface area contributed by atoms with Crippen molar-refractivity contribution in [2.24, 2.45) is 0 Å². The zero-order chi connectivity index (χ0) is 11.9. The average molecular weight is 252 g/mol. The molecule has 2 heterocycles. The van der Waals surface area contributed by atoms with Gasteiger partial charge in [0.2, 0.25) is 5.95 Å². The molecule has 6 heteroatoms. The summed E-state index contributed by atoms with van der Waals surface area (Å²) in [5.41, 5.74) is 1.85. The molecule has 0 aliphatic heterocycles. The molecule has 0 radical (unpaired) electrons. The molecule has 2 rings (SSSR count). The highest BCUT2D eigenvalue weighted by Gasteiger charge is 2.03. The minimum Gasteiger partial charge on any atom is -0.385 e. The van der Waals surface area contributed by atoms with Gasteiger partial charge < -0.3 is 14.6 Å². The van der Waals surface area contributed by atoms with E-state index in [1.54, 1.807) is 24.6 Å². The lowest BCUT2D eigenvalue weighted by Gasteiger charge is -2.08. The molecular formula is C11H16N4OS. The van der Waals surface area contributed by atoms with Gasteiger partial charge in [-0.3, -0.25) is 4.98 Å². The summed E-state index contributed by atoms with van der Waals surface area (Å²) in [4.78, 5) is 9.58. The van der Waals surface area contributed by atoms with Gasteiger partial charge >= 0.3 is 0 Å². The molecule has 17 heavy (non-hydrogen) atoms. The van der Waals surface area contributed by atoms with E-state index in [0.29, 0.717) is 0 Å². The molecule has 5 nitrogen and oxygen atoms in total. The Morgan fingerprint density at radius 2 is 2.47 bits per heavy atom. The van der Waals surface area contributed by atoms with Crippen molar-refractivity contribution in [3.05, 3.63) is 29.0 Å². The van der Waals surface area contributed by atoms with E-state index in [0.717, 1.165) is 32.1 Å². The molecule has 0 amide bonds. The number of thiazole rings is 1. The van der Waals surface area contributed by atoms with Crippen LogP contribution in [0.1, 0.15) is 11.3 Å². The smallest absolute Gasteiger partial charge is 0.203 e. The summed E-state index contributed by atoms with van der Waals surface area (Å²) in [6.07, 6.45) is 6.64. The summed E-state index contributed by atoms with van der Waals surface area (Å²) in [5.74, 6) is 0.898. The third kappa shape index (κ3) is 3.54. The topological polar surface area (TPSA) is 52.0 Å². The van der Waals surface area contributed by atoms with Crippen LogP contribution in [0.4, 0.5) is 5.95 Å². The van der Waals surface area contributed by atoms with Crippen LogP contribution in [0.15, 0.2) is 24.1 Å². The van der Waals surface area contributed by atoms with Crippen molar-refractivity contribution in [3.63, 3.8) is 0 Å². The Balaban J connectivity index is 1.88. The van der Waals surface area contributed by atoms with Gasteiger partial charge in [0.25, 0.3) is 0 Å². The highest BCUT2D eigenvalue weighted by Crippen LogP contribution is 2.12. The standard InChI is InChI=1S/C11H16N4OS/c1-16-6-2-3-13-11-14-4-5-15(11)8-10-7-12-9-17-10/h4-5,7,9H,2-3,6,8H2,1H3,(H,13,14). The number of imidazole rings is 1. The third-order valence-electron chi connectivity index (χ3n) is 2.33. The Morgan fingerprint density at radius 3 is 3.24 bits per heavy atom. The fraction of sp³-hybridized carbons (Fsp3) is 0.455. The Kier molecular flexibility index (Phi) is 4.52.